The number of carbonyl (C=O) groups excluding carboxylic acids is 1. The van der Waals surface area contributed by atoms with Crippen LogP contribution in [0.25, 0.3) is 0 Å². The zero-order chi connectivity index (χ0) is 13.8. The van der Waals surface area contributed by atoms with Gasteiger partial charge >= 0.3 is 5.97 Å². The minimum atomic E-state index is -0.312. The quantitative estimate of drug-likeness (QED) is 0.782. The number of allylic oxidation sites excluding steroid dienone is 1. The van der Waals surface area contributed by atoms with Gasteiger partial charge in [-0.3, -0.25) is 0 Å². The number of rotatable bonds is 4. The molecule has 1 heterocycles. The number of methoxy groups -OCH3 is 1. The van der Waals surface area contributed by atoms with E-state index in [0.29, 0.717) is 24.5 Å². The van der Waals surface area contributed by atoms with E-state index >= 15 is 0 Å². The smallest absolute Gasteiger partial charge is 0.338 e. The predicted molar refractivity (Wildman–Crippen MR) is 71.0 cm³/mol. The standard InChI is InChI=1S/C15H18O4/c1-4-18-15(16)14-10(2)19-9-12(14)11-7-5-6-8-13(11)17-3/h5-8,12H,4,9H2,1-3H3. The molecule has 19 heavy (non-hydrogen) atoms. The minimum Gasteiger partial charge on any atom is -0.497 e. The molecule has 0 amide bonds. The van der Waals surface area contributed by atoms with Crippen molar-refractivity contribution in [1.29, 1.82) is 0 Å². The Morgan fingerprint density at radius 3 is 2.84 bits per heavy atom. The van der Waals surface area contributed by atoms with Crippen LogP contribution in [-0.4, -0.2) is 26.3 Å². The van der Waals surface area contributed by atoms with E-state index in [1.807, 2.05) is 24.3 Å². The van der Waals surface area contributed by atoms with Crippen molar-refractivity contribution in [2.75, 3.05) is 20.3 Å². The number of esters is 1. The highest BCUT2D eigenvalue weighted by atomic mass is 16.5. The Balaban J connectivity index is 2.37. The molecule has 1 aliphatic heterocycles. The largest absolute Gasteiger partial charge is 0.497 e. The molecule has 0 bridgehead atoms. The van der Waals surface area contributed by atoms with Crippen molar-refractivity contribution in [1.82, 2.24) is 0 Å². The fourth-order valence-corrected chi connectivity index (χ4v) is 2.31. The normalized spacial score (nSPS) is 18.2. The SMILES string of the molecule is CCOC(=O)C1=C(C)OCC1c1ccccc1OC. The van der Waals surface area contributed by atoms with E-state index < -0.39 is 0 Å². The number of ether oxygens (including phenoxy) is 3. The topological polar surface area (TPSA) is 44.8 Å². The van der Waals surface area contributed by atoms with Crippen LogP contribution >= 0.6 is 0 Å². The lowest BCUT2D eigenvalue weighted by Gasteiger charge is -2.15. The van der Waals surface area contributed by atoms with Gasteiger partial charge in [-0.1, -0.05) is 18.2 Å². The van der Waals surface area contributed by atoms with Gasteiger partial charge in [0.1, 0.15) is 11.5 Å². The van der Waals surface area contributed by atoms with Crippen LogP contribution in [0.5, 0.6) is 5.75 Å². The molecule has 1 aromatic rings. The summed E-state index contributed by atoms with van der Waals surface area (Å²) >= 11 is 0. The molecule has 0 radical (unpaired) electrons. The first-order valence-corrected chi connectivity index (χ1v) is 6.32. The summed E-state index contributed by atoms with van der Waals surface area (Å²) in [4.78, 5) is 12.0. The average Bonchev–Trinajstić information content (AvgIpc) is 2.80. The first kappa shape index (κ1) is 13.5. The number of benzene rings is 1. The molecule has 0 spiro atoms. The van der Waals surface area contributed by atoms with Gasteiger partial charge in [0.05, 0.1) is 31.8 Å². The molecule has 1 unspecified atom stereocenters. The summed E-state index contributed by atoms with van der Waals surface area (Å²) in [6.07, 6.45) is 0. The Hall–Kier alpha value is -1.97. The van der Waals surface area contributed by atoms with Gasteiger partial charge in [-0.15, -0.1) is 0 Å². The Morgan fingerprint density at radius 2 is 2.16 bits per heavy atom. The molecule has 4 nitrogen and oxygen atoms in total. The van der Waals surface area contributed by atoms with Crippen LogP contribution in [-0.2, 0) is 14.3 Å². The van der Waals surface area contributed by atoms with Crippen molar-refractivity contribution >= 4 is 5.97 Å². The van der Waals surface area contributed by atoms with Crippen molar-refractivity contribution < 1.29 is 19.0 Å². The third kappa shape index (κ3) is 2.57. The first-order valence-electron chi connectivity index (χ1n) is 6.32. The van der Waals surface area contributed by atoms with Crippen LogP contribution in [0.3, 0.4) is 0 Å². The lowest BCUT2D eigenvalue weighted by atomic mass is 9.92. The molecule has 0 aliphatic carbocycles. The van der Waals surface area contributed by atoms with E-state index in [1.165, 1.54) is 0 Å². The van der Waals surface area contributed by atoms with E-state index in [1.54, 1.807) is 21.0 Å². The molecule has 0 fully saturated rings. The lowest BCUT2D eigenvalue weighted by molar-refractivity contribution is -0.138. The number of carbonyl (C=O) groups is 1. The average molecular weight is 262 g/mol. The summed E-state index contributed by atoms with van der Waals surface area (Å²) < 4.78 is 16.0. The Morgan fingerprint density at radius 1 is 1.42 bits per heavy atom. The van der Waals surface area contributed by atoms with Crippen molar-refractivity contribution in [3.63, 3.8) is 0 Å². The molecule has 0 N–H and O–H groups in total. The van der Waals surface area contributed by atoms with Crippen LogP contribution in [0.2, 0.25) is 0 Å². The van der Waals surface area contributed by atoms with E-state index in [9.17, 15) is 4.79 Å². The number of hydrogen-bond donors (Lipinski definition) is 0. The van der Waals surface area contributed by atoms with Gasteiger partial charge in [0, 0.05) is 5.56 Å². The molecule has 1 aliphatic rings. The minimum absolute atomic E-state index is 0.129. The second kappa shape index (κ2) is 5.78. The fraction of sp³-hybridized carbons (Fsp3) is 0.400. The van der Waals surface area contributed by atoms with E-state index in [4.69, 9.17) is 14.2 Å². The van der Waals surface area contributed by atoms with E-state index in [2.05, 4.69) is 0 Å². The monoisotopic (exact) mass is 262 g/mol. The van der Waals surface area contributed by atoms with E-state index in [0.717, 1.165) is 11.3 Å². The molecule has 102 valence electrons. The summed E-state index contributed by atoms with van der Waals surface area (Å²) in [7, 11) is 1.62. The highest BCUT2D eigenvalue weighted by Gasteiger charge is 2.34. The Bertz CT molecular complexity index is 505. The van der Waals surface area contributed by atoms with Crippen LogP contribution < -0.4 is 4.74 Å². The van der Waals surface area contributed by atoms with Gasteiger partial charge in [0.15, 0.2) is 0 Å². The van der Waals surface area contributed by atoms with Crippen molar-refractivity contribution in [2.24, 2.45) is 0 Å². The lowest BCUT2D eigenvalue weighted by Crippen LogP contribution is -2.15. The zero-order valence-corrected chi connectivity index (χ0v) is 11.4. The van der Waals surface area contributed by atoms with Crippen LogP contribution in [0, 0.1) is 0 Å². The molecule has 0 saturated carbocycles. The second-order valence-corrected chi connectivity index (χ2v) is 4.30. The maximum absolute atomic E-state index is 12.0. The predicted octanol–water partition coefficient (Wildman–Crippen LogP) is 2.65. The molecule has 0 aromatic heterocycles. The third-order valence-corrected chi connectivity index (χ3v) is 3.20. The van der Waals surface area contributed by atoms with Gasteiger partial charge in [-0.2, -0.15) is 0 Å². The van der Waals surface area contributed by atoms with E-state index in [-0.39, 0.29) is 11.9 Å². The number of para-hydroxylation sites is 1. The molecule has 2 rings (SSSR count). The highest BCUT2D eigenvalue weighted by Crippen LogP contribution is 2.38. The second-order valence-electron chi connectivity index (χ2n) is 4.30. The molecule has 1 aromatic carbocycles. The molecular weight excluding hydrogens is 244 g/mol. The molecule has 4 heteroatoms. The molecule has 0 saturated heterocycles. The van der Waals surface area contributed by atoms with Crippen molar-refractivity contribution in [3.8, 4) is 5.75 Å². The van der Waals surface area contributed by atoms with Gasteiger partial charge in [-0.05, 0) is 19.9 Å². The summed E-state index contributed by atoms with van der Waals surface area (Å²) in [5.74, 6) is 0.950. The zero-order valence-electron chi connectivity index (χ0n) is 11.4. The van der Waals surface area contributed by atoms with Gasteiger partial charge in [-0.25, -0.2) is 4.79 Å². The van der Waals surface area contributed by atoms with Crippen LogP contribution in [0.1, 0.15) is 25.3 Å². The molecule has 1 atom stereocenters. The summed E-state index contributed by atoms with van der Waals surface area (Å²) in [5.41, 5.74) is 1.54. The van der Waals surface area contributed by atoms with Crippen LogP contribution in [0.4, 0.5) is 0 Å². The third-order valence-electron chi connectivity index (χ3n) is 3.20. The van der Waals surface area contributed by atoms with Gasteiger partial charge < -0.3 is 14.2 Å². The fourth-order valence-electron chi connectivity index (χ4n) is 2.31. The number of hydrogen-bond acceptors (Lipinski definition) is 4. The maximum atomic E-state index is 12.0. The maximum Gasteiger partial charge on any atom is 0.338 e. The summed E-state index contributed by atoms with van der Waals surface area (Å²) in [5, 5.41) is 0. The summed E-state index contributed by atoms with van der Waals surface area (Å²) in [6.45, 7) is 4.39. The van der Waals surface area contributed by atoms with Gasteiger partial charge in [0.2, 0.25) is 0 Å². The molecular formula is C15H18O4. The van der Waals surface area contributed by atoms with Crippen molar-refractivity contribution in [3.05, 3.63) is 41.2 Å². The summed E-state index contributed by atoms with van der Waals surface area (Å²) in [6, 6.07) is 7.66. The van der Waals surface area contributed by atoms with Crippen molar-refractivity contribution in [2.45, 2.75) is 19.8 Å². The Labute approximate surface area is 113 Å². The van der Waals surface area contributed by atoms with Gasteiger partial charge in [0.25, 0.3) is 0 Å². The van der Waals surface area contributed by atoms with Crippen LogP contribution in [0.15, 0.2) is 35.6 Å². The highest BCUT2D eigenvalue weighted by molar-refractivity contribution is 5.91. The first-order chi connectivity index (χ1) is 9.19. The Kier molecular flexibility index (Phi) is 4.10.